The van der Waals surface area contributed by atoms with Crippen molar-refractivity contribution >= 4 is 22.6 Å². The lowest BCUT2D eigenvalue weighted by Crippen LogP contribution is -2.00. The van der Waals surface area contributed by atoms with E-state index in [9.17, 15) is 4.21 Å². The second-order valence-electron chi connectivity index (χ2n) is 3.71. The Balaban J connectivity index is 1.87. The second-order valence-corrected chi connectivity index (χ2v) is 6.39. The Bertz CT molecular complexity index is 608. The molecule has 0 fully saturated rings. The van der Waals surface area contributed by atoms with Gasteiger partial charge in [0.2, 0.25) is 0 Å². The predicted molar refractivity (Wildman–Crippen MR) is 77.4 cm³/mol. The quantitative estimate of drug-likeness (QED) is 0.794. The second kappa shape index (κ2) is 7.07. The summed E-state index contributed by atoms with van der Waals surface area (Å²) in [4.78, 5) is 5.02. The van der Waals surface area contributed by atoms with Crippen molar-refractivity contribution in [2.24, 2.45) is 0 Å². The largest absolute Gasteiger partial charge is 0.254 e. The topological polar surface area (TPSA) is 53.8 Å². The molecule has 19 heavy (non-hydrogen) atoms. The van der Waals surface area contributed by atoms with E-state index in [0.29, 0.717) is 17.1 Å². The van der Waals surface area contributed by atoms with Gasteiger partial charge in [-0.05, 0) is 24.3 Å². The first-order valence-electron chi connectivity index (χ1n) is 5.72. The van der Waals surface area contributed by atoms with Gasteiger partial charge < -0.3 is 0 Å². The van der Waals surface area contributed by atoms with Crippen LogP contribution in [0.4, 0.5) is 0 Å². The molecule has 0 aliphatic carbocycles. The Morgan fingerprint density at radius 3 is 2.79 bits per heavy atom. The summed E-state index contributed by atoms with van der Waals surface area (Å²) in [7, 11) is -0.978. The summed E-state index contributed by atoms with van der Waals surface area (Å²) in [5, 5.41) is 9.58. The van der Waals surface area contributed by atoms with Crippen LogP contribution in [0, 0.1) is 11.3 Å². The Kier molecular flexibility index (Phi) is 5.13. The van der Waals surface area contributed by atoms with Gasteiger partial charge in [-0.25, -0.2) is 4.98 Å². The first-order valence-corrected chi connectivity index (χ1v) is 8.02. The molecule has 0 radical (unpaired) electrons. The zero-order valence-corrected chi connectivity index (χ0v) is 11.8. The molecule has 2 aromatic rings. The van der Waals surface area contributed by atoms with Gasteiger partial charge in [0, 0.05) is 22.6 Å². The van der Waals surface area contributed by atoms with E-state index < -0.39 is 10.8 Å². The molecule has 0 amide bonds. The molecule has 1 aromatic carbocycles. The van der Waals surface area contributed by atoms with E-state index in [-0.39, 0.29) is 0 Å². The van der Waals surface area contributed by atoms with Crippen LogP contribution in [-0.4, -0.2) is 20.7 Å². The van der Waals surface area contributed by atoms with Gasteiger partial charge in [-0.1, -0.05) is 18.2 Å². The Morgan fingerprint density at radius 1 is 1.26 bits per heavy atom. The van der Waals surface area contributed by atoms with Crippen LogP contribution in [0.2, 0.25) is 0 Å². The number of nitrogens with zero attached hydrogens (tertiary/aromatic N) is 2. The average molecular weight is 288 g/mol. The van der Waals surface area contributed by atoms with Crippen LogP contribution in [0.1, 0.15) is 5.56 Å². The molecule has 5 heteroatoms. The fourth-order valence-corrected chi connectivity index (χ4v) is 3.66. The fourth-order valence-electron chi connectivity index (χ4n) is 1.47. The zero-order chi connectivity index (χ0) is 13.5. The van der Waals surface area contributed by atoms with Gasteiger partial charge in [-0.3, -0.25) is 4.21 Å². The lowest BCUT2D eigenvalue weighted by molar-refractivity contribution is 0.684. The molecule has 2 rings (SSSR count). The van der Waals surface area contributed by atoms with Crippen LogP contribution in [0.15, 0.2) is 58.6 Å². The smallest absolute Gasteiger partial charge is 0.0993 e. The molecule has 0 saturated carbocycles. The van der Waals surface area contributed by atoms with Crippen molar-refractivity contribution in [3.05, 3.63) is 54.2 Å². The standard InChI is InChI=1S/C14H12N2OS2/c15-11-12-6-7-16-14(10-12)18-8-9-19(17)13-4-2-1-3-5-13/h1-7,10H,8-9H2/t19-/m0/s1. The van der Waals surface area contributed by atoms with Crippen LogP contribution < -0.4 is 0 Å². The number of nitriles is 1. The van der Waals surface area contributed by atoms with Crippen molar-refractivity contribution in [1.29, 1.82) is 5.26 Å². The number of aromatic nitrogens is 1. The molecule has 0 saturated heterocycles. The summed E-state index contributed by atoms with van der Waals surface area (Å²) in [6.45, 7) is 0. The van der Waals surface area contributed by atoms with Crippen molar-refractivity contribution in [1.82, 2.24) is 4.98 Å². The molecule has 3 nitrogen and oxygen atoms in total. The number of hydrogen-bond acceptors (Lipinski definition) is 4. The summed E-state index contributed by atoms with van der Waals surface area (Å²) in [6.07, 6.45) is 1.62. The number of pyridine rings is 1. The van der Waals surface area contributed by atoms with E-state index in [1.54, 1.807) is 18.3 Å². The van der Waals surface area contributed by atoms with E-state index in [1.165, 1.54) is 11.8 Å². The number of benzene rings is 1. The Hall–Kier alpha value is -1.64. The lowest BCUT2D eigenvalue weighted by atomic mass is 10.3. The van der Waals surface area contributed by atoms with E-state index in [4.69, 9.17) is 5.26 Å². The molecule has 0 N–H and O–H groups in total. The lowest BCUT2D eigenvalue weighted by Gasteiger charge is -2.02. The number of hydrogen-bond donors (Lipinski definition) is 0. The third-order valence-corrected chi connectivity index (χ3v) is 4.95. The summed E-state index contributed by atoms with van der Waals surface area (Å²) in [5.41, 5.74) is 0.599. The third-order valence-electron chi connectivity index (χ3n) is 2.39. The number of thioether (sulfide) groups is 1. The molecule has 0 bridgehead atoms. The maximum absolute atomic E-state index is 12.0. The predicted octanol–water partition coefficient (Wildman–Crippen LogP) is 2.85. The van der Waals surface area contributed by atoms with Gasteiger partial charge in [0.25, 0.3) is 0 Å². The van der Waals surface area contributed by atoms with Crippen molar-refractivity contribution in [3.8, 4) is 6.07 Å². The highest BCUT2D eigenvalue weighted by Gasteiger charge is 2.04. The van der Waals surface area contributed by atoms with Crippen LogP contribution in [0.25, 0.3) is 0 Å². The Morgan fingerprint density at radius 2 is 2.05 bits per heavy atom. The third kappa shape index (κ3) is 4.19. The highest BCUT2D eigenvalue weighted by atomic mass is 32.2. The van der Waals surface area contributed by atoms with Gasteiger partial charge in [0.15, 0.2) is 0 Å². The number of rotatable bonds is 5. The Labute approximate surface area is 119 Å². The normalized spacial score (nSPS) is 11.7. The monoisotopic (exact) mass is 288 g/mol. The fraction of sp³-hybridized carbons (Fsp3) is 0.143. The summed E-state index contributed by atoms with van der Waals surface area (Å²) >= 11 is 1.52. The molecule has 0 unspecified atom stereocenters. The minimum Gasteiger partial charge on any atom is -0.254 e. The van der Waals surface area contributed by atoms with Crippen molar-refractivity contribution in [2.75, 3.05) is 11.5 Å². The van der Waals surface area contributed by atoms with Crippen LogP contribution in [0.3, 0.4) is 0 Å². The summed E-state index contributed by atoms with van der Waals surface area (Å²) in [5.74, 6) is 1.29. The maximum Gasteiger partial charge on any atom is 0.0993 e. The van der Waals surface area contributed by atoms with Gasteiger partial charge in [0.05, 0.1) is 27.5 Å². The summed E-state index contributed by atoms with van der Waals surface area (Å²) < 4.78 is 12.0. The van der Waals surface area contributed by atoms with Gasteiger partial charge in [-0.2, -0.15) is 5.26 Å². The van der Waals surface area contributed by atoms with Crippen LogP contribution in [-0.2, 0) is 10.8 Å². The molecule has 96 valence electrons. The minimum atomic E-state index is -0.978. The molecule has 0 spiro atoms. The molecule has 1 heterocycles. The molecule has 0 aliphatic rings. The zero-order valence-electron chi connectivity index (χ0n) is 10.2. The highest BCUT2D eigenvalue weighted by Crippen LogP contribution is 2.17. The van der Waals surface area contributed by atoms with E-state index in [0.717, 1.165) is 9.92 Å². The average Bonchev–Trinajstić information content (AvgIpc) is 2.48. The molecule has 1 atom stereocenters. The molecule has 1 aromatic heterocycles. The molecular formula is C14H12N2OS2. The van der Waals surface area contributed by atoms with Gasteiger partial charge in [0.1, 0.15) is 0 Å². The first-order chi connectivity index (χ1) is 9.29. The van der Waals surface area contributed by atoms with E-state index >= 15 is 0 Å². The van der Waals surface area contributed by atoms with Crippen molar-refractivity contribution < 1.29 is 4.21 Å². The van der Waals surface area contributed by atoms with Crippen molar-refractivity contribution in [2.45, 2.75) is 9.92 Å². The van der Waals surface area contributed by atoms with Gasteiger partial charge in [-0.15, -0.1) is 11.8 Å². The SMILES string of the molecule is N#Cc1ccnc(SCC[S@](=O)c2ccccc2)c1. The maximum atomic E-state index is 12.0. The van der Waals surface area contributed by atoms with Gasteiger partial charge >= 0.3 is 0 Å². The van der Waals surface area contributed by atoms with Crippen LogP contribution in [0.5, 0.6) is 0 Å². The minimum absolute atomic E-state index is 0.577. The highest BCUT2D eigenvalue weighted by molar-refractivity contribution is 8.00. The summed E-state index contributed by atoms with van der Waals surface area (Å²) in [6, 6.07) is 14.9. The molecule has 0 aliphatic heterocycles. The first kappa shape index (κ1) is 13.8. The molecular weight excluding hydrogens is 276 g/mol. The van der Waals surface area contributed by atoms with Crippen LogP contribution >= 0.6 is 11.8 Å². The van der Waals surface area contributed by atoms with Crippen molar-refractivity contribution in [3.63, 3.8) is 0 Å². The van der Waals surface area contributed by atoms with E-state index in [2.05, 4.69) is 11.1 Å². The van der Waals surface area contributed by atoms with E-state index in [1.807, 2.05) is 30.3 Å².